The highest BCUT2D eigenvalue weighted by atomic mass is 35.5. The van der Waals surface area contributed by atoms with Crippen molar-refractivity contribution in [3.8, 4) is 0 Å². The highest BCUT2D eigenvalue weighted by molar-refractivity contribution is 6.31. The second-order valence-corrected chi connectivity index (χ2v) is 7.44. The van der Waals surface area contributed by atoms with Gasteiger partial charge in [-0.05, 0) is 42.8 Å². The molecule has 0 saturated heterocycles. The lowest BCUT2D eigenvalue weighted by atomic mass is 10.1. The third kappa shape index (κ3) is 3.87. The lowest BCUT2D eigenvalue weighted by Crippen LogP contribution is -2.33. The molecule has 6 heteroatoms. The molecule has 1 aliphatic heterocycles. The van der Waals surface area contributed by atoms with Gasteiger partial charge in [-0.1, -0.05) is 47.5 Å². The second kappa shape index (κ2) is 8.05. The molecule has 0 fully saturated rings. The third-order valence-corrected chi connectivity index (χ3v) is 5.41. The largest absolute Gasteiger partial charge is 0.352 e. The van der Waals surface area contributed by atoms with Crippen molar-refractivity contribution in [1.82, 2.24) is 10.3 Å². The van der Waals surface area contributed by atoms with Gasteiger partial charge in [0.2, 0.25) is 5.91 Å². The molecule has 29 heavy (non-hydrogen) atoms. The van der Waals surface area contributed by atoms with E-state index < -0.39 is 6.04 Å². The van der Waals surface area contributed by atoms with Gasteiger partial charge in [0.15, 0.2) is 0 Å². The summed E-state index contributed by atoms with van der Waals surface area (Å²) in [4.78, 5) is 31.8. The maximum absolute atomic E-state index is 13.0. The van der Waals surface area contributed by atoms with Gasteiger partial charge in [0.25, 0.3) is 5.91 Å². The summed E-state index contributed by atoms with van der Waals surface area (Å²) < 4.78 is 0. The first-order valence-electron chi connectivity index (χ1n) is 9.40. The van der Waals surface area contributed by atoms with Crippen molar-refractivity contribution >= 4 is 29.1 Å². The van der Waals surface area contributed by atoms with E-state index in [1.165, 1.54) is 0 Å². The van der Waals surface area contributed by atoms with Gasteiger partial charge in [-0.2, -0.15) is 0 Å². The molecular weight excluding hydrogens is 386 g/mol. The van der Waals surface area contributed by atoms with Crippen molar-refractivity contribution in [2.24, 2.45) is 0 Å². The minimum atomic E-state index is -0.451. The molecule has 0 aliphatic carbocycles. The zero-order valence-corrected chi connectivity index (χ0v) is 16.7. The number of amides is 2. The van der Waals surface area contributed by atoms with Crippen LogP contribution < -0.4 is 10.2 Å². The molecule has 2 aromatic carbocycles. The molecule has 1 aromatic heterocycles. The van der Waals surface area contributed by atoms with Crippen molar-refractivity contribution in [1.29, 1.82) is 0 Å². The topological polar surface area (TPSA) is 62.3 Å². The number of fused-ring (bicyclic) bond motifs is 1. The van der Waals surface area contributed by atoms with Crippen LogP contribution in [0.5, 0.6) is 0 Å². The summed E-state index contributed by atoms with van der Waals surface area (Å²) in [6.07, 6.45) is 1.77. The van der Waals surface area contributed by atoms with Gasteiger partial charge in [-0.15, -0.1) is 0 Å². The van der Waals surface area contributed by atoms with Gasteiger partial charge in [-0.25, -0.2) is 0 Å². The number of nitrogens with one attached hydrogen (secondary N) is 1. The van der Waals surface area contributed by atoms with Crippen LogP contribution in [0.15, 0.2) is 66.9 Å². The zero-order valence-electron chi connectivity index (χ0n) is 15.9. The van der Waals surface area contributed by atoms with E-state index in [1.54, 1.807) is 29.3 Å². The van der Waals surface area contributed by atoms with Crippen LogP contribution in [0.4, 0.5) is 5.69 Å². The number of carbonyl (C=O) groups excluding carboxylic acids is 2. The Labute approximate surface area is 174 Å². The molecular formula is C23H20ClN3O2. The summed E-state index contributed by atoms with van der Waals surface area (Å²) in [6.45, 7) is 2.32. The monoisotopic (exact) mass is 405 g/mol. The fraction of sp³-hybridized carbons (Fsp3) is 0.174. The second-order valence-electron chi connectivity index (χ2n) is 7.03. The number of rotatable bonds is 5. The number of aromatic nitrogens is 1. The Morgan fingerprint density at radius 3 is 2.62 bits per heavy atom. The van der Waals surface area contributed by atoms with Gasteiger partial charge < -0.3 is 5.32 Å². The van der Waals surface area contributed by atoms with Crippen LogP contribution in [0, 0.1) is 6.92 Å². The normalized spacial score (nSPS) is 15.3. The fourth-order valence-corrected chi connectivity index (χ4v) is 3.73. The van der Waals surface area contributed by atoms with Crippen molar-refractivity contribution < 1.29 is 9.59 Å². The van der Waals surface area contributed by atoms with Crippen molar-refractivity contribution in [3.63, 3.8) is 0 Å². The van der Waals surface area contributed by atoms with E-state index in [2.05, 4.69) is 10.3 Å². The zero-order chi connectivity index (χ0) is 20.4. The smallest absolute Gasteiger partial charge is 0.260 e. The molecule has 1 atom stereocenters. The van der Waals surface area contributed by atoms with Crippen LogP contribution in [0.3, 0.4) is 0 Å². The summed E-state index contributed by atoms with van der Waals surface area (Å²) in [5, 5.41) is 3.51. The highest BCUT2D eigenvalue weighted by Crippen LogP contribution is 2.38. The third-order valence-electron chi connectivity index (χ3n) is 5.04. The Bertz CT molecular complexity index is 1070. The maximum Gasteiger partial charge on any atom is 0.260 e. The van der Waals surface area contributed by atoms with Gasteiger partial charge in [0.1, 0.15) is 0 Å². The molecule has 0 saturated carbocycles. The number of nitrogens with zero attached hydrogens (tertiary/aromatic N) is 2. The average molecular weight is 406 g/mol. The average Bonchev–Trinajstić information content (AvgIpc) is 3.00. The Morgan fingerprint density at radius 2 is 1.86 bits per heavy atom. The lowest BCUT2D eigenvalue weighted by molar-refractivity contribution is -0.121. The number of carbonyl (C=O) groups is 2. The van der Waals surface area contributed by atoms with Gasteiger partial charge in [-0.3, -0.25) is 19.5 Å². The number of anilines is 1. The Kier molecular flexibility index (Phi) is 5.32. The first-order valence-corrected chi connectivity index (χ1v) is 9.77. The summed E-state index contributed by atoms with van der Waals surface area (Å²) in [5.41, 5.74) is 3.87. The summed E-state index contributed by atoms with van der Waals surface area (Å²) in [5.74, 6) is -0.306. The molecule has 1 aliphatic rings. The van der Waals surface area contributed by atoms with E-state index in [1.807, 2.05) is 49.4 Å². The van der Waals surface area contributed by atoms with E-state index >= 15 is 0 Å². The van der Waals surface area contributed by atoms with Gasteiger partial charge in [0, 0.05) is 23.5 Å². The number of aryl methyl sites for hydroxylation is 1. The molecule has 4 rings (SSSR count). The Balaban J connectivity index is 1.57. The van der Waals surface area contributed by atoms with Crippen LogP contribution in [0.2, 0.25) is 5.02 Å². The molecule has 2 heterocycles. The maximum atomic E-state index is 13.0. The molecule has 1 unspecified atom stereocenters. The number of hydrogen-bond acceptors (Lipinski definition) is 3. The molecule has 146 valence electrons. The Hall–Kier alpha value is -3.18. The van der Waals surface area contributed by atoms with E-state index in [-0.39, 0.29) is 18.2 Å². The van der Waals surface area contributed by atoms with Gasteiger partial charge in [0.05, 0.1) is 23.7 Å². The quantitative estimate of drug-likeness (QED) is 0.682. The Morgan fingerprint density at radius 1 is 1.10 bits per heavy atom. The van der Waals surface area contributed by atoms with Crippen LogP contribution in [0.1, 0.15) is 39.6 Å². The van der Waals surface area contributed by atoms with E-state index in [4.69, 9.17) is 11.6 Å². The van der Waals surface area contributed by atoms with E-state index in [0.717, 1.165) is 16.8 Å². The van der Waals surface area contributed by atoms with E-state index in [9.17, 15) is 9.59 Å². The minimum absolute atomic E-state index is 0.119. The SMILES string of the molecule is Cc1ccc(N2C(=O)c3cccnc3C2CC(=O)NCc2ccccc2Cl)cc1. The molecule has 0 radical (unpaired) electrons. The summed E-state index contributed by atoms with van der Waals surface area (Å²) in [7, 11) is 0. The number of benzene rings is 2. The molecule has 1 N–H and O–H groups in total. The minimum Gasteiger partial charge on any atom is -0.352 e. The molecule has 5 nitrogen and oxygen atoms in total. The summed E-state index contributed by atoms with van der Waals surface area (Å²) in [6, 6.07) is 18.1. The predicted molar refractivity (Wildman–Crippen MR) is 113 cm³/mol. The van der Waals surface area contributed by atoms with Crippen LogP contribution in [-0.4, -0.2) is 16.8 Å². The molecule has 2 amide bonds. The predicted octanol–water partition coefficient (Wildman–Crippen LogP) is 4.45. The first kappa shape index (κ1) is 19.2. The summed E-state index contributed by atoms with van der Waals surface area (Å²) >= 11 is 6.17. The number of halogens is 1. The standard InChI is InChI=1S/C23H20ClN3O2/c1-15-8-10-17(11-9-15)27-20(22-18(23(27)29)6-4-12-25-22)13-21(28)26-14-16-5-2-3-7-19(16)24/h2-12,20H,13-14H2,1H3,(H,26,28). The van der Waals surface area contributed by atoms with Crippen molar-refractivity contribution in [3.05, 3.63) is 94.3 Å². The molecule has 0 bridgehead atoms. The first-order chi connectivity index (χ1) is 14.0. The lowest BCUT2D eigenvalue weighted by Gasteiger charge is -2.25. The van der Waals surface area contributed by atoms with Crippen molar-refractivity contribution in [2.75, 3.05) is 4.90 Å². The molecule has 3 aromatic rings. The number of hydrogen-bond donors (Lipinski definition) is 1. The highest BCUT2D eigenvalue weighted by Gasteiger charge is 2.39. The molecule has 0 spiro atoms. The number of pyridine rings is 1. The van der Waals surface area contributed by atoms with Gasteiger partial charge >= 0.3 is 0 Å². The van der Waals surface area contributed by atoms with Crippen LogP contribution >= 0.6 is 11.6 Å². The van der Waals surface area contributed by atoms with Crippen LogP contribution in [0.25, 0.3) is 0 Å². The van der Waals surface area contributed by atoms with E-state index in [0.29, 0.717) is 22.8 Å². The van der Waals surface area contributed by atoms with Crippen molar-refractivity contribution in [2.45, 2.75) is 25.9 Å². The van der Waals surface area contributed by atoms with Crippen LogP contribution in [-0.2, 0) is 11.3 Å². The fourth-order valence-electron chi connectivity index (χ4n) is 3.53.